The highest BCUT2D eigenvalue weighted by molar-refractivity contribution is 9.14. The van der Waals surface area contributed by atoms with E-state index in [4.69, 9.17) is 4.55 Å². The van der Waals surface area contributed by atoms with Crippen molar-refractivity contribution in [3.05, 3.63) is 0 Å². The third-order valence-electron chi connectivity index (χ3n) is 1.42. The van der Waals surface area contributed by atoms with Gasteiger partial charge in [-0.1, -0.05) is 31.9 Å². The zero-order valence-electron chi connectivity index (χ0n) is 5.53. The highest BCUT2D eigenvalue weighted by atomic mass is 79.9. The van der Waals surface area contributed by atoms with E-state index in [1.165, 1.54) is 0 Å². The molecule has 5 nitrogen and oxygen atoms in total. The first kappa shape index (κ1) is 10.4. The van der Waals surface area contributed by atoms with Crippen LogP contribution >= 0.6 is 31.9 Å². The molecule has 0 aromatic heterocycles. The lowest BCUT2D eigenvalue weighted by Crippen LogP contribution is -2.42. The molecule has 0 bridgehead atoms. The van der Waals surface area contributed by atoms with Gasteiger partial charge in [0.15, 0.2) is 0 Å². The molecule has 1 heterocycles. The van der Waals surface area contributed by atoms with Gasteiger partial charge in [0, 0.05) is 0 Å². The van der Waals surface area contributed by atoms with E-state index in [0.717, 1.165) is 0 Å². The van der Waals surface area contributed by atoms with Crippen molar-refractivity contribution in [2.45, 2.75) is 8.48 Å². The summed E-state index contributed by atoms with van der Waals surface area (Å²) in [4.78, 5) is 10.1. The Bertz CT molecular complexity index is 311. The molecule has 1 aliphatic rings. The van der Waals surface area contributed by atoms with Gasteiger partial charge in [0.05, 0.1) is 4.83 Å². The summed E-state index contributed by atoms with van der Waals surface area (Å²) in [6.07, 6.45) is 0. The zero-order valence-corrected chi connectivity index (χ0v) is 9.52. The van der Waals surface area contributed by atoms with Crippen molar-refractivity contribution in [1.29, 1.82) is 0 Å². The second-order valence-electron chi connectivity index (χ2n) is 2.19. The van der Waals surface area contributed by atoms with Crippen LogP contribution in [0.4, 0.5) is 0 Å². The summed E-state index contributed by atoms with van der Waals surface area (Å²) in [7, 11) is -4.51. The minimum atomic E-state index is -4.51. The van der Waals surface area contributed by atoms with Crippen LogP contribution in [-0.4, -0.2) is 34.0 Å². The van der Waals surface area contributed by atoms with Crippen LogP contribution in [-0.2, 0) is 19.6 Å². The van der Waals surface area contributed by atoms with Crippen molar-refractivity contribution < 1.29 is 22.5 Å². The first-order valence-corrected chi connectivity index (χ1v) is 5.92. The number of hydrogen-bond donors (Lipinski definition) is 1. The summed E-state index contributed by atoms with van der Waals surface area (Å²) in [5.74, 6) is -1.01. The van der Waals surface area contributed by atoms with Gasteiger partial charge in [-0.25, -0.2) is 4.79 Å². The Morgan fingerprint density at radius 1 is 1.67 bits per heavy atom. The minimum Gasteiger partial charge on any atom is -0.462 e. The predicted molar refractivity (Wildman–Crippen MR) is 46.9 cm³/mol. The molecule has 0 amide bonds. The fraction of sp³-hybridized carbons (Fsp3) is 0.750. The highest BCUT2D eigenvalue weighted by Crippen LogP contribution is 2.39. The summed E-state index contributed by atoms with van der Waals surface area (Å²) in [6.45, 7) is -0.0934. The van der Waals surface area contributed by atoms with Gasteiger partial charge in [-0.2, -0.15) is 8.42 Å². The van der Waals surface area contributed by atoms with Crippen LogP contribution in [0.2, 0.25) is 0 Å². The lowest BCUT2D eigenvalue weighted by Gasteiger charge is -2.15. The Hall–Kier alpha value is 0.340. The minimum absolute atomic E-state index is 0.0934. The molecule has 1 N–H and O–H groups in total. The van der Waals surface area contributed by atoms with Crippen LogP contribution < -0.4 is 0 Å². The second-order valence-corrected chi connectivity index (χ2v) is 6.66. The highest BCUT2D eigenvalue weighted by Gasteiger charge is 2.59. The van der Waals surface area contributed by atoms with Gasteiger partial charge < -0.3 is 4.74 Å². The van der Waals surface area contributed by atoms with Crippen molar-refractivity contribution in [2.75, 3.05) is 6.61 Å². The number of alkyl halides is 2. The van der Waals surface area contributed by atoms with Gasteiger partial charge in [-0.15, -0.1) is 0 Å². The van der Waals surface area contributed by atoms with E-state index >= 15 is 0 Å². The zero-order chi connectivity index (χ0) is 9.57. The van der Waals surface area contributed by atoms with Crippen molar-refractivity contribution in [3.8, 4) is 0 Å². The van der Waals surface area contributed by atoms with Crippen molar-refractivity contribution in [1.82, 2.24) is 0 Å². The monoisotopic (exact) mass is 322 g/mol. The Balaban J connectivity index is 3.21. The topological polar surface area (TPSA) is 80.7 Å². The number of hydrogen-bond acceptors (Lipinski definition) is 4. The number of ether oxygens (including phenoxy) is 1. The summed E-state index contributed by atoms with van der Waals surface area (Å²) in [5, 5.41) is 0. The van der Waals surface area contributed by atoms with Gasteiger partial charge in [-0.3, -0.25) is 4.55 Å². The van der Waals surface area contributed by atoms with Gasteiger partial charge >= 0.3 is 5.97 Å². The summed E-state index contributed by atoms with van der Waals surface area (Å²) in [6, 6.07) is 0. The van der Waals surface area contributed by atoms with Crippen LogP contribution in [0.25, 0.3) is 0 Å². The number of cyclic esters (lactones) is 1. The van der Waals surface area contributed by atoms with Gasteiger partial charge in [0.1, 0.15) is 6.61 Å². The lowest BCUT2D eigenvalue weighted by atomic mass is 10.4. The smallest absolute Gasteiger partial charge is 0.342 e. The predicted octanol–water partition coefficient (Wildman–Crippen LogP) is 0.286. The van der Waals surface area contributed by atoms with Gasteiger partial charge in [0.2, 0.25) is 0 Å². The molecule has 0 aliphatic carbocycles. The van der Waals surface area contributed by atoms with Gasteiger partial charge in [-0.05, 0) is 0 Å². The first-order chi connectivity index (χ1) is 5.30. The molecule has 1 saturated heterocycles. The quantitative estimate of drug-likeness (QED) is 0.426. The molecule has 12 heavy (non-hydrogen) atoms. The molecule has 70 valence electrons. The van der Waals surface area contributed by atoms with E-state index in [2.05, 4.69) is 36.6 Å². The number of halogens is 2. The number of carbonyl (C=O) groups excluding carboxylic acids is 1. The van der Waals surface area contributed by atoms with Gasteiger partial charge in [0.25, 0.3) is 13.8 Å². The Labute approximate surface area is 85.5 Å². The molecule has 0 radical (unpaired) electrons. The average Bonchev–Trinajstić information content (AvgIpc) is 2.16. The molecule has 1 aliphatic heterocycles. The third-order valence-corrected chi connectivity index (χ3v) is 6.59. The first-order valence-electron chi connectivity index (χ1n) is 2.77. The third kappa shape index (κ3) is 1.30. The Kier molecular flexibility index (Phi) is 2.54. The molecule has 0 aromatic carbocycles. The SMILES string of the molecule is O=C1OCC(Br)C1(Br)S(=O)(=O)O. The van der Waals surface area contributed by atoms with Crippen LogP contribution in [0.3, 0.4) is 0 Å². The number of esters is 1. The lowest BCUT2D eigenvalue weighted by molar-refractivity contribution is -0.138. The van der Waals surface area contributed by atoms with E-state index in [0.29, 0.717) is 0 Å². The molecule has 0 saturated carbocycles. The molecular weight excluding hydrogens is 320 g/mol. The molecule has 1 fully saturated rings. The summed E-state index contributed by atoms with van der Waals surface area (Å²) in [5.41, 5.74) is 0. The maximum atomic E-state index is 10.9. The van der Waals surface area contributed by atoms with E-state index in [9.17, 15) is 13.2 Å². The fourth-order valence-corrected chi connectivity index (χ4v) is 2.68. The normalized spacial score (nSPS) is 36.6. The van der Waals surface area contributed by atoms with E-state index in [-0.39, 0.29) is 6.61 Å². The van der Waals surface area contributed by atoms with E-state index in [1.54, 1.807) is 0 Å². The fourth-order valence-electron chi connectivity index (χ4n) is 0.749. The summed E-state index contributed by atoms with van der Waals surface area (Å²) >= 11 is 5.54. The summed E-state index contributed by atoms with van der Waals surface area (Å²) < 4.78 is 32.6. The molecule has 2 unspecified atom stereocenters. The standard InChI is InChI=1S/C4H4Br2O5S/c5-2-1-11-3(7)4(2,6)12(8,9)10/h2H,1H2,(H,8,9,10). The number of carbonyl (C=O) groups is 1. The Morgan fingerprint density at radius 2 is 2.17 bits per heavy atom. The molecule has 8 heteroatoms. The second kappa shape index (κ2) is 2.93. The average molecular weight is 324 g/mol. The van der Waals surface area contributed by atoms with Crippen LogP contribution in [0.1, 0.15) is 0 Å². The molecule has 2 atom stereocenters. The van der Waals surface area contributed by atoms with Crippen LogP contribution in [0, 0.1) is 0 Å². The molecule has 0 spiro atoms. The Morgan fingerprint density at radius 3 is 2.33 bits per heavy atom. The van der Waals surface area contributed by atoms with Crippen molar-refractivity contribution >= 4 is 47.9 Å². The van der Waals surface area contributed by atoms with Crippen molar-refractivity contribution in [3.63, 3.8) is 0 Å². The van der Waals surface area contributed by atoms with Crippen LogP contribution in [0.15, 0.2) is 0 Å². The maximum absolute atomic E-state index is 10.9. The molecule has 0 aromatic rings. The van der Waals surface area contributed by atoms with Crippen LogP contribution in [0.5, 0.6) is 0 Å². The van der Waals surface area contributed by atoms with Crippen molar-refractivity contribution in [2.24, 2.45) is 0 Å². The van der Waals surface area contributed by atoms with E-state index in [1.807, 2.05) is 0 Å². The van der Waals surface area contributed by atoms with E-state index < -0.39 is 24.6 Å². The molecule has 1 rings (SSSR count). The molecular formula is C4H4Br2O5S. The largest absolute Gasteiger partial charge is 0.462 e. The number of rotatable bonds is 1. The maximum Gasteiger partial charge on any atom is 0.342 e.